The first kappa shape index (κ1) is 16.9. The zero-order valence-corrected chi connectivity index (χ0v) is 14.2. The maximum Gasteiger partial charge on any atom is 0.336 e. The summed E-state index contributed by atoms with van der Waals surface area (Å²) in [6, 6.07) is 5.26. The molecular formula is C17H18O5S. The van der Waals surface area contributed by atoms with Crippen LogP contribution in [0, 0.1) is 6.92 Å². The molecule has 6 heteroatoms. The summed E-state index contributed by atoms with van der Waals surface area (Å²) >= 11 is 1.48. The minimum Gasteiger partial charge on any atom is -0.493 e. The van der Waals surface area contributed by atoms with Crippen molar-refractivity contribution in [1.82, 2.24) is 0 Å². The van der Waals surface area contributed by atoms with Gasteiger partial charge < -0.3 is 19.3 Å². The number of aliphatic carboxylic acids is 1. The quantitative estimate of drug-likeness (QED) is 0.816. The van der Waals surface area contributed by atoms with Crippen LogP contribution in [0.25, 0.3) is 11.6 Å². The second-order valence-electron chi connectivity index (χ2n) is 4.71. The molecule has 0 aliphatic heterocycles. The highest BCUT2D eigenvalue weighted by molar-refractivity contribution is 7.11. The summed E-state index contributed by atoms with van der Waals surface area (Å²) in [6.07, 6.45) is 1.64. The van der Waals surface area contributed by atoms with Gasteiger partial charge >= 0.3 is 5.97 Å². The van der Waals surface area contributed by atoms with Crippen molar-refractivity contribution in [1.29, 1.82) is 0 Å². The normalized spacial score (nSPS) is 11.2. The Labute approximate surface area is 138 Å². The Kier molecular flexibility index (Phi) is 5.28. The predicted molar refractivity (Wildman–Crippen MR) is 90.7 cm³/mol. The molecule has 0 unspecified atom stereocenters. The smallest absolute Gasteiger partial charge is 0.336 e. The molecule has 1 N–H and O–H groups in total. The molecule has 0 fully saturated rings. The van der Waals surface area contributed by atoms with E-state index < -0.39 is 5.97 Å². The number of benzene rings is 1. The van der Waals surface area contributed by atoms with Gasteiger partial charge in [0.1, 0.15) is 0 Å². The highest BCUT2D eigenvalue weighted by Gasteiger charge is 2.22. The molecule has 1 aromatic carbocycles. The number of carbonyl (C=O) groups is 1. The van der Waals surface area contributed by atoms with Crippen LogP contribution in [0.4, 0.5) is 0 Å². The Morgan fingerprint density at radius 1 is 1.09 bits per heavy atom. The Hall–Kier alpha value is -2.47. The summed E-state index contributed by atoms with van der Waals surface area (Å²) in [5, 5.41) is 11.6. The van der Waals surface area contributed by atoms with E-state index in [9.17, 15) is 9.90 Å². The van der Waals surface area contributed by atoms with Gasteiger partial charge in [-0.15, -0.1) is 11.3 Å². The number of hydrogen-bond donors (Lipinski definition) is 1. The molecule has 0 bridgehead atoms. The zero-order valence-electron chi connectivity index (χ0n) is 13.4. The van der Waals surface area contributed by atoms with Crippen LogP contribution in [0.2, 0.25) is 0 Å². The second kappa shape index (κ2) is 7.19. The largest absolute Gasteiger partial charge is 0.493 e. The molecule has 122 valence electrons. The summed E-state index contributed by atoms with van der Waals surface area (Å²) in [7, 11) is 4.47. The standard InChI is InChI=1S/C17H18O5S/c1-10-7-8-23-14(10)9-12(17(18)19)11-5-6-13(20-2)16(22-4)15(11)21-3/h5-9H,1-4H3,(H,18,19)/b12-9-. The lowest BCUT2D eigenvalue weighted by Crippen LogP contribution is -2.04. The van der Waals surface area contributed by atoms with Crippen LogP contribution < -0.4 is 14.2 Å². The van der Waals surface area contributed by atoms with Gasteiger partial charge in [-0.3, -0.25) is 0 Å². The van der Waals surface area contributed by atoms with Crippen molar-refractivity contribution in [2.24, 2.45) is 0 Å². The molecule has 23 heavy (non-hydrogen) atoms. The van der Waals surface area contributed by atoms with Crippen molar-refractivity contribution < 1.29 is 24.1 Å². The first-order chi connectivity index (χ1) is 11.0. The third kappa shape index (κ3) is 3.32. The van der Waals surface area contributed by atoms with Crippen molar-refractivity contribution in [3.05, 3.63) is 39.6 Å². The number of rotatable bonds is 6. The van der Waals surface area contributed by atoms with Crippen LogP contribution in [0.3, 0.4) is 0 Å². The van der Waals surface area contributed by atoms with Crippen LogP contribution in [-0.2, 0) is 4.79 Å². The third-order valence-electron chi connectivity index (χ3n) is 3.40. The molecule has 0 aliphatic carbocycles. The van der Waals surface area contributed by atoms with Crippen molar-refractivity contribution in [2.75, 3.05) is 21.3 Å². The lowest BCUT2D eigenvalue weighted by Gasteiger charge is -2.16. The Balaban J connectivity index is 2.68. The van der Waals surface area contributed by atoms with Crippen LogP contribution >= 0.6 is 11.3 Å². The fourth-order valence-corrected chi connectivity index (χ4v) is 3.09. The van der Waals surface area contributed by atoms with E-state index in [1.807, 2.05) is 18.4 Å². The molecule has 0 atom stereocenters. The van der Waals surface area contributed by atoms with Crippen LogP contribution in [0.5, 0.6) is 17.2 Å². The van der Waals surface area contributed by atoms with Crippen LogP contribution in [0.1, 0.15) is 16.0 Å². The van der Waals surface area contributed by atoms with Crippen LogP contribution in [-0.4, -0.2) is 32.4 Å². The summed E-state index contributed by atoms with van der Waals surface area (Å²) in [5.41, 5.74) is 1.59. The number of carboxylic acids is 1. The van der Waals surface area contributed by atoms with Gasteiger partial charge in [-0.05, 0) is 42.1 Å². The van der Waals surface area contributed by atoms with E-state index in [1.54, 1.807) is 18.2 Å². The van der Waals surface area contributed by atoms with E-state index in [0.29, 0.717) is 22.8 Å². The molecule has 1 aromatic heterocycles. The minimum atomic E-state index is -1.04. The average Bonchev–Trinajstić information content (AvgIpc) is 2.95. The summed E-state index contributed by atoms with van der Waals surface area (Å²) in [5.74, 6) is 0.130. The van der Waals surface area contributed by atoms with E-state index in [4.69, 9.17) is 14.2 Å². The van der Waals surface area contributed by atoms with E-state index in [1.165, 1.54) is 32.7 Å². The lowest BCUT2D eigenvalue weighted by atomic mass is 10.0. The first-order valence-corrected chi connectivity index (χ1v) is 7.69. The molecule has 1 heterocycles. The molecule has 0 amide bonds. The summed E-state index contributed by atoms with van der Waals surface area (Å²) in [6.45, 7) is 1.94. The van der Waals surface area contributed by atoms with Crippen molar-refractivity contribution in [2.45, 2.75) is 6.92 Å². The lowest BCUT2D eigenvalue weighted by molar-refractivity contribution is -0.130. The monoisotopic (exact) mass is 334 g/mol. The molecule has 0 radical (unpaired) electrons. The second-order valence-corrected chi connectivity index (χ2v) is 5.66. The molecule has 5 nitrogen and oxygen atoms in total. The highest BCUT2D eigenvalue weighted by Crippen LogP contribution is 2.43. The van der Waals surface area contributed by atoms with Gasteiger partial charge in [0.15, 0.2) is 11.5 Å². The number of hydrogen-bond acceptors (Lipinski definition) is 5. The SMILES string of the molecule is COc1ccc(/C(=C/c2sccc2C)C(=O)O)c(OC)c1OC. The maximum atomic E-state index is 11.8. The molecular weight excluding hydrogens is 316 g/mol. The predicted octanol–water partition coefficient (Wildman–Crippen LogP) is 3.71. The van der Waals surface area contributed by atoms with E-state index in [-0.39, 0.29) is 5.57 Å². The summed E-state index contributed by atoms with van der Waals surface area (Å²) in [4.78, 5) is 12.7. The molecule has 0 spiro atoms. The average molecular weight is 334 g/mol. The number of methoxy groups -OCH3 is 3. The Bertz CT molecular complexity index is 745. The Morgan fingerprint density at radius 2 is 1.78 bits per heavy atom. The fraction of sp³-hybridized carbons (Fsp3) is 0.235. The molecule has 0 saturated heterocycles. The first-order valence-electron chi connectivity index (χ1n) is 6.81. The minimum absolute atomic E-state index is 0.133. The van der Waals surface area contributed by atoms with Gasteiger partial charge in [-0.25, -0.2) is 4.79 Å². The topological polar surface area (TPSA) is 65.0 Å². The number of aryl methyl sites for hydroxylation is 1. The zero-order chi connectivity index (χ0) is 17.0. The van der Waals surface area contributed by atoms with Crippen LogP contribution in [0.15, 0.2) is 23.6 Å². The number of ether oxygens (including phenoxy) is 3. The van der Waals surface area contributed by atoms with Crippen molar-refractivity contribution in [3.63, 3.8) is 0 Å². The van der Waals surface area contributed by atoms with E-state index >= 15 is 0 Å². The Morgan fingerprint density at radius 3 is 2.26 bits per heavy atom. The van der Waals surface area contributed by atoms with Gasteiger partial charge in [-0.2, -0.15) is 0 Å². The molecule has 0 saturated carbocycles. The van der Waals surface area contributed by atoms with Crippen molar-refractivity contribution in [3.8, 4) is 17.2 Å². The maximum absolute atomic E-state index is 11.8. The number of carboxylic acid groups (broad SMARTS) is 1. The number of thiophene rings is 1. The summed E-state index contributed by atoms with van der Waals surface area (Å²) < 4.78 is 15.9. The van der Waals surface area contributed by atoms with E-state index in [2.05, 4.69) is 0 Å². The van der Waals surface area contributed by atoms with Gasteiger partial charge in [0, 0.05) is 10.4 Å². The van der Waals surface area contributed by atoms with Gasteiger partial charge in [0.25, 0.3) is 0 Å². The molecule has 0 aliphatic rings. The van der Waals surface area contributed by atoms with Crippen molar-refractivity contribution >= 4 is 29.0 Å². The molecule has 2 rings (SSSR count). The van der Waals surface area contributed by atoms with Gasteiger partial charge in [0.2, 0.25) is 5.75 Å². The van der Waals surface area contributed by atoms with Gasteiger partial charge in [-0.1, -0.05) is 0 Å². The fourth-order valence-electron chi connectivity index (χ4n) is 2.23. The van der Waals surface area contributed by atoms with E-state index in [0.717, 1.165) is 10.4 Å². The van der Waals surface area contributed by atoms with Gasteiger partial charge in [0.05, 0.1) is 26.9 Å². The molecule has 2 aromatic rings. The third-order valence-corrected chi connectivity index (χ3v) is 4.37. The highest BCUT2D eigenvalue weighted by atomic mass is 32.1.